The van der Waals surface area contributed by atoms with E-state index in [1.54, 1.807) is 13.0 Å². The second kappa shape index (κ2) is 13.6. The molecule has 124 valence electrons. The van der Waals surface area contributed by atoms with Crippen LogP contribution in [0.3, 0.4) is 0 Å². The number of halogens is 3. The van der Waals surface area contributed by atoms with Gasteiger partial charge in [-0.15, -0.1) is 0 Å². The van der Waals surface area contributed by atoms with Crippen molar-refractivity contribution < 1.29 is 9.84 Å². The Hall–Kier alpha value is -1.09. The summed E-state index contributed by atoms with van der Waals surface area (Å²) in [4.78, 5) is 0. The van der Waals surface area contributed by atoms with Gasteiger partial charge in [0, 0.05) is 16.1 Å². The second-order valence-electron chi connectivity index (χ2n) is 3.36. The van der Waals surface area contributed by atoms with E-state index in [-0.39, 0.29) is 22.3 Å². The summed E-state index contributed by atoms with van der Waals surface area (Å²) >= 11 is 17.4. The Morgan fingerprint density at radius 2 is 1.73 bits per heavy atom. The molecule has 0 bridgehead atoms. The molecule has 0 atom stereocenters. The van der Waals surface area contributed by atoms with Crippen LogP contribution in [0.15, 0.2) is 52.8 Å². The number of phenols is 1. The number of phenolic OH excluding ortho intramolecular Hbond substituents is 1. The molecule has 1 rings (SSSR count). The van der Waals surface area contributed by atoms with Crippen molar-refractivity contribution in [3.63, 3.8) is 0 Å². The molecule has 5 heteroatoms. The molecule has 0 unspecified atom stereocenters. The van der Waals surface area contributed by atoms with Gasteiger partial charge in [0.2, 0.25) is 0 Å². The van der Waals surface area contributed by atoms with Gasteiger partial charge in [-0.3, -0.25) is 0 Å². The Balaban J connectivity index is 0. The molecule has 1 aromatic rings. The van der Waals surface area contributed by atoms with Gasteiger partial charge < -0.3 is 9.84 Å². The number of allylic oxidation sites excluding steroid dienone is 4. The lowest BCUT2D eigenvalue weighted by Crippen LogP contribution is -1.94. The molecule has 22 heavy (non-hydrogen) atoms. The van der Waals surface area contributed by atoms with Gasteiger partial charge in [0.25, 0.3) is 0 Å². The van der Waals surface area contributed by atoms with Crippen LogP contribution in [0.2, 0.25) is 5.02 Å². The van der Waals surface area contributed by atoms with Crippen molar-refractivity contribution in [2.24, 2.45) is 0 Å². The van der Waals surface area contributed by atoms with Crippen LogP contribution in [-0.2, 0) is 0 Å². The molecule has 0 spiro atoms. The van der Waals surface area contributed by atoms with Gasteiger partial charge in [-0.25, -0.2) is 0 Å². The summed E-state index contributed by atoms with van der Waals surface area (Å²) in [7, 11) is 0. The maximum Gasteiger partial charge on any atom is 0.169 e. The van der Waals surface area contributed by atoms with Crippen LogP contribution < -0.4 is 4.74 Å². The van der Waals surface area contributed by atoms with Crippen molar-refractivity contribution in [2.75, 3.05) is 0 Å². The van der Waals surface area contributed by atoms with E-state index in [4.69, 9.17) is 39.5 Å². The Bertz CT molecular complexity index is 517. The molecule has 0 aliphatic carbocycles. The summed E-state index contributed by atoms with van der Waals surface area (Å²) in [5, 5.41) is 10.8. The lowest BCUT2D eigenvalue weighted by Gasteiger charge is -2.09. The topological polar surface area (TPSA) is 29.5 Å². The average molecular weight is 366 g/mol. The number of benzene rings is 1. The number of rotatable bonds is 4. The number of hydrogen-bond acceptors (Lipinski definition) is 2. The zero-order valence-corrected chi connectivity index (χ0v) is 15.9. The lowest BCUT2D eigenvalue weighted by molar-refractivity contribution is 0.391. The summed E-state index contributed by atoms with van der Waals surface area (Å²) in [6, 6.07) is 4.49. The van der Waals surface area contributed by atoms with Gasteiger partial charge in [0.1, 0.15) is 5.76 Å². The zero-order valence-electron chi connectivity index (χ0n) is 13.6. The van der Waals surface area contributed by atoms with Gasteiger partial charge >= 0.3 is 0 Å². The summed E-state index contributed by atoms with van der Waals surface area (Å²) in [6.45, 7) is 13.3. The molecule has 0 heterocycles. The fraction of sp³-hybridized carbons (Fsp3) is 0.294. The van der Waals surface area contributed by atoms with Gasteiger partial charge in [-0.2, -0.15) is 0 Å². The quantitative estimate of drug-likeness (QED) is 0.449. The molecular formula is C17H23Cl3O2. The summed E-state index contributed by atoms with van der Waals surface area (Å²) in [5.41, 5.74) is 0. The molecule has 0 fully saturated rings. The van der Waals surface area contributed by atoms with Gasteiger partial charge in [-0.05, 0) is 31.2 Å². The van der Waals surface area contributed by atoms with Crippen LogP contribution in [0, 0.1) is 0 Å². The van der Waals surface area contributed by atoms with Crippen molar-refractivity contribution in [3.05, 3.63) is 57.8 Å². The fourth-order valence-corrected chi connectivity index (χ4v) is 1.74. The van der Waals surface area contributed by atoms with E-state index in [1.165, 1.54) is 24.3 Å². The average Bonchev–Trinajstić information content (AvgIpc) is 2.50. The first-order valence-electron chi connectivity index (χ1n) is 6.96. The van der Waals surface area contributed by atoms with E-state index in [0.29, 0.717) is 10.1 Å². The van der Waals surface area contributed by atoms with Gasteiger partial charge in [0.15, 0.2) is 11.5 Å². The van der Waals surface area contributed by atoms with Crippen LogP contribution in [0.4, 0.5) is 0 Å². The third-order valence-electron chi connectivity index (χ3n) is 1.89. The Kier molecular flexibility index (Phi) is 14.3. The highest BCUT2D eigenvalue weighted by molar-refractivity contribution is 6.34. The molecule has 0 aliphatic heterocycles. The van der Waals surface area contributed by atoms with E-state index < -0.39 is 0 Å². The molecule has 0 aromatic heterocycles. The standard InChI is InChI=1S/C13H11Cl3O2.2C2H6/c1-3-12(10(16)6-8(2)14)18-13-5-4-9(15)7-11(13)17;2*1-2/h3-7,17H,1H2,2H3;2*1-2H3/b8-6+,12-10-;;. The minimum Gasteiger partial charge on any atom is -0.504 e. The first kappa shape index (κ1) is 23.2. The number of ether oxygens (including phenoxy) is 1. The maximum absolute atomic E-state index is 9.65. The minimum atomic E-state index is -0.0853. The third-order valence-corrected chi connectivity index (χ3v) is 2.53. The minimum absolute atomic E-state index is 0.0853. The molecule has 1 N–H and O–H groups in total. The van der Waals surface area contributed by atoms with Crippen molar-refractivity contribution >= 4 is 34.8 Å². The van der Waals surface area contributed by atoms with Crippen molar-refractivity contribution in [1.29, 1.82) is 0 Å². The fourth-order valence-electron chi connectivity index (χ4n) is 1.13. The van der Waals surface area contributed by atoms with Gasteiger partial charge in [0.05, 0.1) is 5.03 Å². The summed E-state index contributed by atoms with van der Waals surface area (Å²) < 4.78 is 5.43. The van der Waals surface area contributed by atoms with Crippen molar-refractivity contribution in [3.8, 4) is 11.5 Å². The van der Waals surface area contributed by atoms with Crippen LogP contribution >= 0.6 is 34.8 Å². The highest BCUT2D eigenvalue weighted by Gasteiger charge is 2.07. The molecule has 0 saturated carbocycles. The predicted molar refractivity (Wildman–Crippen MR) is 99.1 cm³/mol. The summed E-state index contributed by atoms with van der Waals surface area (Å²) in [5.74, 6) is 0.431. The van der Waals surface area contributed by atoms with Gasteiger partial charge in [-0.1, -0.05) is 69.1 Å². The smallest absolute Gasteiger partial charge is 0.169 e. The third kappa shape index (κ3) is 9.04. The number of aromatic hydroxyl groups is 1. The van der Waals surface area contributed by atoms with E-state index in [2.05, 4.69) is 6.58 Å². The molecule has 0 saturated heterocycles. The van der Waals surface area contributed by atoms with Crippen molar-refractivity contribution in [2.45, 2.75) is 34.6 Å². The molecule has 0 radical (unpaired) electrons. The van der Waals surface area contributed by atoms with Crippen LogP contribution in [0.25, 0.3) is 0 Å². The molecule has 0 amide bonds. The van der Waals surface area contributed by atoms with Crippen molar-refractivity contribution in [1.82, 2.24) is 0 Å². The monoisotopic (exact) mass is 364 g/mol. The van der Waals surface area contributed by atoms with E-state index >= 15 is 0 Å². The summed E-state index contributed by atoms with van der Waals surface area (Å²) in [6.07, 6.45) is 2.94. The molecule has 1 aromatic carbocycles. The Labute approximate surface area is 148 Å². The zero-order chi connectivity index (χ0) is 17.7. The lowest BCUT2D eigenvalue weighted by atomic mass is 10.3. The van der Waals surface area contributed by atoms with Crippen LogP contribution in [-0.4, -0.2) is 5.11 Å². The van der Waals surface area contributed by atoms with Crippen LogP contribution in [0.5, 0.6) is 11.5 Å². The largest absolute Gasteiger partial charge is 0.504 e. The SMILES string of the molecule is C=C/C(Oc1ccc(Cl)cc1O)=C(Cl)\C=C(/C)Cl.CC.CC. The normalized spacial score (nSPS) is 11.2. The van der Waals surface area contributed by atoms with E-state index in [1.807, 2.05) is 27.7 Å². The molecule has 2 nitrogen and oxygen atoms in total. The van der Waals surface area contributed by atoms with E-state index in [9.17, 15) is 5.11 Å². The van der Waals surface area contributed by atoms with Crippen LogP contribution in [0.1, 0.15) is 34.6 Å². The highest BCUT2D eigenvalue weighted by Crippen LogP contribution is 2.31. The molecular weight excluding hydrogens is 343 g/mol. The highest BCUT2D eigenvalue weighted by atomic mass is 35.5. The Morgan fingerprint density at radius 3 is 2.14 bits per heavy atom. The number of hydrogen-bond donors (Lipinski definition) is 1. The predicted octanol–water partition coefficient (Wildman–Crippen LogP) is 7.26. The Morgan fingerprint density at radius 1 is 1.18 bits per heavy atom. The van der Waals surface area contributed by atoms with E-state index in [0.717, 1.165) is 0 Å². The maximum atomic E-state index is 9.65. The first-order chi connectivity index (χ1) is 10.4. The molecule has 0 aliphatic rings. The first-order valence-corrected chi connectivity index (χ1v) is 8.10. The second-order valence-corrected chi connectivity index (χ2v) is 4.80.